The highest BCUT2D eigenvalue weighted by molar-refractivity contribution is 4.85. The first-order chi connectivity index (χ1) is 4.86. The first kappa shape index (κ1) is 6.58. The maximum atomic E-state index is 5.51. The normalized spacial score (nSPS) is 41.7. The van der Waals surface area contributed by atoms with Crippen LogP contribution in [-0.4, -0.2) is 50.5 Å². The number of hydrogen-bond acceptors (Lipinski definition) is 3. The van der Waals surface area contributed by atoms with Crippen LogP contribution in [0, 0.1) is 0 Å². The van der Waals surface area contributed by atoms with Gasteiger partial charge in [0.2, 0.25) is 0 Å². The Morgan fingerprint density at radius 1 is 1.10 bits per heavy atom. The molecule has 2 atom stereocenters. The Bertz CT molecular complexity index is 115. The molecule has 0 amide bonds. The Morgan fingerprint density at radius 2 is 1.60 bits per heavy atom. The Kier molecular flexibility index (Phi) is 1.64. The minimum absolute atomic E-state index is 0.346. The average Bonchev–Trinajstić information content (AvgIpc) is 2.27. The maximum Gasteiger partial charge on any atom is 0.0976 e. The third-order valence-corrected chi connectivity index (χ3v) is 2.15. The van der Waals surface area contributed by atoms with Gasteiger partial charge >= 0.3 is 0 Å². The van der Waals surface area contributed by atoms with E-state index in [0.29, 0.717) is 12.2 Å². The molecule has 2 fully saturated rings. The number of likely N-dealkylation sites (tertiary alicyclic amines) is 1. The lowest BCUT2D eigenvalue weighted by Gasteiger charge is -2.24. The van der Waals surface area contributed by atoms with Crippen molar-refractivity contribution in [3.8, 4) is 0 Å². The summed E-state index contributed by atoms with van der Waals surface area (Å²) in [6.45, 7) is 3.61. The molecule has 0 N–H and O–H groups in total. The topological polar surface area (TPSA) is 21.7 Å². The molecule has 0 aliphatic carbocycles. The average molecular weight is 143 g/mol. The molecule has 2 rings (SSSR count). The van der Waals surface area contributed by atoms with Crippen LogP contribution in [0.15, 0.2) is 0 Å². The zero-order valence-electron chi connectivity index (χ0n) is 6.25. The van der Waals surface area contributed by atoms with E-state index in [9.17, 15) is 0 Å². The number of nitrogens with zero attached hydrogens (tertiary/aromatic N) is 1. The van der Waals surface area contributed by atoms with Gasteiger partial charge in [-0.3, -0.25) is 0 Å². The summed E-state index contributed by atoms with van der Waals surface area (Å²) in [7, 11) is 2.10. The lowest BCUT2D eigenvalue weighted by molar-refractivity contribution is -0.116. The molecule has 0 aromatic carbocycles. The fourth-order valence-corrected chi connectivity index (χ4v) is 1.64. The van der Waals surface area contributed by atoms with Crippen molar-refractivity contribution in [1.29, 1.82) is 0 Å². The number of fused-ring (bicyclic) bond motifs is 1. The molecule has 2 aliphatic heterocycles. The molecular weight excluding hydrogens is 130 g/mol. The van der Waals surface area contributed by atoms with E-state index in [0.717, 1.165) is 26.3 Å². The van der Waals surface area contributed by atoms with Gasteiger partial charge in [0.15, 0.2) is 0 Å². The van der Waals surface area contributed by atoms with Crippen molar-refractivity contribution in [3.63, 3.8) is 0 Å². The summed E-state index contributed by atoms with van der Waals surface area (Å²) in [5.41, 5.74) is 0. The molecular formula is C7H13NO2. The molecule has 0 aromatic rings. The molecule has 58 valence electrons. The van der Waals surface area contributed by atoms with E-state index in [1.165, 1.54) is 0 Å². The quantitative estimate of drug-likeness (QED) is 0.465. The van der Waals surface area contributed by atoms with Crippen molar-refractivity contribution >= 4 is 0 Å². The van der Waals surface area contributed by atoms with E-state index in [-0.39, 0.29) is 0 Å². The molecule has 0 aromatic heterocycles. The molecule has 0 spiro atoms. The number of ether oxygens (including phenoxy) is 2. The summed E-state index contributed by atoms with van der Waals surface area (Å²) < 4.78 is 11.0. The molecule has 3 heteroatoms. The van der Waals surface area contributed by atoms with Crippen LogP contribution in [0.5, 0.6) is 0 Å². The first-order valence-electron chi connectivity index (χ1n) is 3.78. The van der Waals surface area contributed by atoms with Gasteiger partial charge in [-0.2, -0.15) is 0 Å². The van der Waals surface area contributed by atoms with Gasteiger partial charge in [0.1, 0.15) is 0 Å². The van der Waals surface area contributed by atoms with Gasteiger partial charge in [-0.15, -0.1) is 0 Å². The fourth-order valence-electron chi connectivity index (χ4n) is 1.64. The number of hydrogen-bond donors (Lipinski definition) is 0. The summed E-state index contributed by atoms with van der Waals surface area (Å²) in [5, 5.41) is 0. The van der Waals surface area contributed by atoms with E-state index in [1.54, 1.807) is 0 Å². The highest BCUT2D eigenvalue weighted by atomic mass is 16.6. The monoisotopic (exact) mass is 143 g/mol. The second kappa shape index (κ2) is 2.49. The van der Waals surface area contributed by atoms with E-state index in [1.807, 2.05) is 0 Å². The van der Waals surface area contributed by atoms with Crippen LogP contribution >= 0.6 is 0 Å². The molecule has 0 bridgehead atoms. The molecule has 2 aliphatic rings. The second-order valence-corrected chi connectivity index (χ2v) is 3.04. The predicted octanol–water partition coefficient (Wildman–Crippen LogP) is -0.284. The van der Waals surface area contributed by atoms with Crippen molar-refractivity contribution < 1.29 is 9.47 Å². The minimum Gasteiger partial charge on any atom is -0.372 e. The molecule has 3 nitrogen and oxygen atoms in total. The summed E-state index contributed by atoms with van der Waals surface area (Å²) in [4.78, 5) is 2.25. The van der Waals surface area contributed by atoms with Crippen LogP contribution in [0.1, 0.15) is 0 Å². The van der Waals surface area contributed by atoms with Crippen LogP contribution in [0.25, 0.3) is 0 Å². The predicted molar refractivity (Wildman–Crippen MR) is 37.0 cm³/mol. The number of likely N-dealkylation sites (N-methyl/N-ethyl adjacent to an activating group) is 1. The van der Waals surface area contributed by atoms with Gasteiger partial charge in [-0.1, -0.05) is 0 Å². The van der Waals surface area contributed by atoms with Crippen LogP contribution < -0.4 is 0 Å². The highest BCUT2D eigenvalue weighted by Crippen LogP contribution is 2.18. The Labute approximate surface area is 60.9 Å². The Hall–Kier alpha value is -0.120. The second-order valence-electron chi connectivity index (χ2n) is 3.04. The maximum absolute atomic E-state index is 5.51. The van der Waals surface area contributed by atoms with Gasteiger partial charge in [-0.05, 0) is 7.05 Å². The van der Waals surface area contributed by atoms with Crippen molar-refractivity contribution in [2.24, 2.45) is 0 Å². The van der Waals surface area contributed by atoms with Gasteiger partial charge in [0, 0.05) is 13.1 Å². The smallest absolute Gasteiger partial charge is 0.0976 e. The minimum atomic E-state index is 0.346. The van der Waals surface area contributed by atoms with E-state index < -0.39 is 0 Å². The summed E-state index contributed by atoms with van der Waals surface area (Å²) in [6.07, 6.45) is 0.692. The van der Waals surface area contributed by atoms with Crippen molar-refractivity contribution in [2.75, 3.05) is 33.4 Å². The molecule has 0 saturated carbocycles. The third-order valence-electron chi connectivity index (χ3n) is 2.15. The zero-order valence-corrected chi connectivity index (χ0v) is 6.25. The summed E-state index contributed by atoms with van der Waals surface area (Å²) >= 11 is 0. The highest BCUT2D eigenvalue weighted by Gasteiger charge is 2.34. The van der Waals surface area contributed by atoms with Gasteiger partial charge in [-0.25, -0.2) is 0 Å². The molecule has 2 heterocycles. The first-order valence-corrected chi connectivity index (χ1v) is 3.78. The fraction of sp³-hybridized carbons (Fsp3) is 1.00. The molecule has 0 unspecified atom stereocenters. The molecule has 2 saturated heterocycles. The zero-order chi connectivity index (χ0) is 6.97. The van der Waals surface area contributed by atoms with Gasteiger partial charge in [0.25, 0.3) is 0 Å². The van der Waals surface area contributed by atoms with Gasteiger partial charge < -0.3 is 14.4 Å². The summed E-state index contributed by atoms with van der Waals surface area (Å²) in [6, 6.07) is 0. The third kappa shape index (κ3) is 1.05. The van der Waals surface area contributed by atoms with Crippen LogP contribution in [-0.2, 0) is 9.47 Å². The number of rotatable bonds is 0. The lowest BCUT2D eigenvalue weighted by atomic mass is 10.2. The van der Waals surface area contributed by atoms with Crippen LogP contribution in [0.4, 0.5) is 0 Å². The molecule has 0 radical (unpaired) electrons. The van der Waals surface area contributed by atoms with Gasteiger partial charge in [0.05, 0.1) is 25.4 Å². The van der Waals surface area contributed by atoms with E-state index in [4.69, 9.17) is 9.47 Å². The van der Waals surface area contributed by atoms with Crippen LogP contribution in [0.2, 0.25) is 0 Å². The van der Waals surface area contributed by atoms with Crippen molar-refractivity contribution in [1.82, 2.24) is 4.90 Å². The summed E-state index contributed by atoms with van der Waals surface area (Å²) in [5.74, 6) is 0. The van der Waals surface area contributed by atoms with E-state index in [2.05, 4.69) is 11.9 Å². The lowest BCUT2D eigenvalue weighted by Crippen LogP contribution is -2.36. The largest absolute Gasteiger partial charge is 0.372 e. The van der Waals surface area contributed by atoms with Crippen molar-refractivity contribution in [2.45, 2.75) is 12.2 Å². The van der Waals surface area contributed by atoms with Crippen molar-refractivity contribution in [3.05, 3.63) is 0 Å². The SMILES string of the molecule is CN1C[C@@H]2OCCO[C@H]2C1. The Morgan fingerprint density at radius 3 is 2.10 bits per heavy atom. The van der Waals surface area contributed by atoms with Crippen LogP contribution in [0.3, 0.4) is 0 Å². The van der Waals surface area contributed by atoms with E-state index >= 15 is 0 Å². The standard InChI is InChI=1S/C7H13NO2/c1-8-4-6-7(5-8)10-3-2-9-6/h6-7H,2-5H2,1H3/t6-,7-/m0/s1. The Balaban J connectivity index is 1.97. The molecule has 10 heavy (non-hydrogen) atoms.